The second-order valence-electron chi connectivity index (χ2n) is 5.21. The van der Waals surface area contributed by atoms with Gasteiger partial charge in [0.05, 0.1) is 0 Å². The molecule has 0 unspecified atom stereocenters. The molecule has 0 saturated carbocycles. The molecule has 0 amide bonds. The number of phenolic OH excluding ortho intramolecular Hbond substituents is 1. The number of aromatic hydroxyl groups is 1. The molecular weight excluding hydrogens is 248 g/mol. The van der Waals surface area contributed by atoms with Crippen molar-refractivity contribution in [1.29, 1.82) is 0 Å². The van der Waals surface area contributed by atoms with Crippen molar-refractivity contribution in [1.82, 2.24) is 9.88 Å². The molecule has 0 atom stereocenters. The third kappa shape index (κ3) is 3.42. The molecule has 0 bridgehead atoms. The molecule has 2 N–H and O–H groups in total. The van der Waals surface area contributed by atoms with Crippen molar-refractivity contribution in [3.8, 4) is 5.75 Å². The number of hydrogen-bond donors (Lipinski definition) is 2. The summed E-state index contributed by atoms with van der Waals surface area (Å²) >= 11 is 0. The van der Waals surface area contributed by atoms with Crippen LogP contribution in [0.3, 0.4) is 0 Å². The number of benzene rings is 1. The van der Waals surface area contributed by atoms with Gasteiger partial charge in [-0.05, 0) is 37.1 Å². The first-order chi connectivity index (χ1) is 9.76. The zero-order valence-electron chi connectivity index (χ0n) is 12.2. The van der Waals surface area contributed by atoms with Crippen molar-refractivity contribution < 1.29 is 5.11 Å². The van der Waals surface area contributed by atoms with Gasteiger partial charge in [-0.25, -0.2) is 0 Å². The number of H-pyrrole nitrogens is 1. The predicted molar refractivity (Wildman–Crippen MR) is 85.2 cm³/mol. The molecule has 1 aromatic heterocycles. The molecule has 0 aliphatic carbocycles. The Labute approximate surface area is 120 Å². The second kappa shape index (κ2) is 7.15. The maximum absolute atomic E-state index is 10.0. The minimum Gasteiger partial charge on any atom is -0.507 e. The number of hydrogen-bond acceptors (Lipinski definition) is 2. The first kappa shape index (κ1) is 14.7. The smallest absolute Gasteiger partial charge is 0.125 e. The Morgan fingerprint density at radius 1 is 1.35 bits per heavy atom. The summed E-state index contributed by atoms with van der Waals surface area (Å²) in [5.41, 5.74) is 2.19. The number of unbranched alkanes of at least 4 members (excludes halogenated alkanes) is 1. The molecule has 20 heavy (non-hydrogen) atoms. The molecule has 0 saturated heterocycles. The fourth-order valence-electron chi connectivity index (χ4n) is 2.57. The van der Waals surface area contributed by atoms with Crippen LogP contribution >= 0.6 is 0 Å². The summed E-state index contributed by atoms with van der Waals surface area (Å²) in [5, 5.41) is 11.0. The van der Waals surface area contributed by atoms with Crippen molar-refractivity contribution in [2.24, 2.45) is 0 Å². The van der Waals surface area contributed by atoms with E-state index >= 15 is 0 Å². The van der Waals surface area contributed by atoms with E-state index in [1.54, 1.807) is 6.07 Å². The number of fused-ring (bicyclic) bond motifs is 1. The number of aromatic amines is 1. The zero-order chi connectivity index (χ0) is 14.4. The molecule has 3 heteroatoms. The zero-order valence-corrected chi connectivity index (χ0v) is 12.2. The number of nitrogens with zero attached hydrogens (tertiary/aromatic N) is 1. The number of rotatable bonds is 8. The summed E-state index contributed by atoms with van der Waals surface area (Å²) in [7, 11) is 0. The van der Waals surface area contributed by atoms with Gasteiger partial charge >= 0.3 is 0 Å². The van der Waals surface area contributed by atoms with E-state index in [4.69, 9.17) is 0 Å². The van der Waals surface area contributed by atoms with Gasteiger partial charge in [0.25, 0.3) is 0 Å². The summed E-state index contributed by atoms with van der Waals surface area (Å²) in [4.78, 5) is 5.64. The number of nitrogens with one attached hydrogen (secondary N) is 1. The molecule has 108 valence electrons. The van der Waals surface area contributed by atoms with Crippen molar-refractivity contribution in [2.45, 2.75) is 26.2 Å². The van der Waals surface area contributed by atoms with Gasteiger partial charge in [-0.15, -0.1) is 6.58 Å². The van der Waals surface area contributed by atoms with Crippen molar-refractivity contribution in [2.75, 3.05) is 19.6 Å². The van der Waals surface area contributed by atoms with Gasteiger partial charge in [-0.2, -0.15) is 0 Å². The Bertz CT molecular complexity index is 559. The van der Waals surface area contributed by atoms with Crippen molar-refractivity contribution >= 4 is 10.9 Å². The van der Waals surface area contributed by atoms with Crippen molar-refractivity contribution in [3.05, 3.63) is 42.6 Å². The minimum atomic E-state index is 0.363. The fourth-order valence-corrected chi connectivity index (χ4v) is 2.57. The van der Waals surface area contributed by atoms with E-state index in [-0.39, 0.29) is 0 Å². The number of aromatic nitrogens is 1. The van der Waals surface area contributed by atoms with Crippen LogP contribution in [0.1, 0.15) is 25.3 Å². The van der Waals surface area contributed by atoms with Gasteiger partial charge in [0.2, 0.25) is 0 Å². The molecule has 1 heterocycles. The van der Waals surface area contributed by atoms with Gasteiger partial charge in [-0.1, -0.05) is 25.5 Å². The minimum absolute atomic E-state index is 0.363. The highest BCUT2D eigenvalue weighted by atomic mass is 16.3. The van der Waals surface area contributed by atoms with E-state index in [0.717, 1.165) is 37.0 Å². The third-order valence-electron chi connectivity index (χ3n) is 3.68. The second-order valence-corrected chi connectivity index (χ2v) is 5.21. The van der Waals surface area contributed by atoms with E-state index in [1.807, 2.05) is 24.4 Å². The van der Waals surface area contributed by atoms with Crippen LogP contribution in [0.2, 0.25) is 0 Å². The normalized spacial score (nSPS) is 11.3. The van der Waals surface area contributed by atoms with E-state index in [9.17, 15) is 5.11 Å². The first-order valence-corrected chi connectivity index (χ1v) is 7.37. The standard InChI is InChI=1S/C17H24N2O/c1-3-5-11-19(10-4-2)12-9-14-13-18-15-7-6-8-16(20)17(14)15/h4,6-8,13,18,20H,2-3,5,9-12H2,1H3. The molecule has 0 aliphatic rings. The molecule has 2 aromatic rings. The van der Waals surface area contributed by atoms with Crippen LogP contribution in [0.4, 0.5) is 0 Å². The van der Waals surface area contributed by atoms with Crippen LogP contribution in [0.25, 0.3) is 10.9 Å². The summed E-state index contributed by atoms with van der Waals surface area (Å²) in [6, 6.07) is 5.61. The molecule has 3 nitrogen and oxygen atoms in total. The van der Waals surface area contributed by atoms with Crippen molar-refractivity contribution in [3.63, 3.8) is 0 Å². The monoisotopic (exact) mass is 272 g/mol. The van der Waals surface area contributed by atoms with Gasteiger partial charge in [0.1, 0.15) is 5.75 Å². The summed E-state index contributed by atoms with van der Waals surface area (Å²) in [6.07, 6.45) is 7.34. The average molecular weight is 272 g/mol. The quantitative estimate of drug-likeness (QED) is 0.719. The first-order valence-electron chi connectivity index (χ1n) is 7.37. The predicted octanol–water partition coefficient (Wildman–Crippen LogP) is 3.70. The molecule has 0 fully saturated rings. The lowest BCUT2D eigenvalue weighted by molar-refractivity contribution is 0.301. The lowest BCUT2D eigenvalue weighted by atomic mass is 10.1. The van der Waals surface area contributed by atoms with Gasteiger partial charge in [0.15, 0.2) is 0 Å². The molecule has 2 rings (SSSR count). The van der Waals surface area contributed by atoms with Crippen LogP contribution < -0.4 is 0 Å². The largest absolute Gasteiger partial charge is 0.507 e. The highest BCUT2D eigenvalue weighted by molar-refractivity contribution is 5.88. The van der Waals surface area contributed by atoms with Crippen LogP contribution in [0.5, 0.6) is 5.75 Å². The molecular formula is C17H24N2O. The van der Waals surface area contributed by atoms with Crippen LogP contribution in [0, 0.1) is 0 Å². The molecule has 1 aromatic carbocycles. The highest BCUT2D eigenvalue weighted by Gasteiger charge is 2.09. The fraction of sp³-hybridized carbons (Fsp3) is 0.412. The van der Waals surface area contributed by atoms with Crippen LogP contribution in [0.15, 0.2) is 37.1 Å². The molecule has 0 aliphatic heterocycles. The van der Waals surface area contributed by atoms with E-state index in [0.29, 0.717) is 5.75 Å². The van der Waals surface area contributed by atoms with E-state index < -0.39 is 0 Å². The highest BCUT2D eigenvalue weighted by Crippen LogP contribution is 2.27. The number of phenols is 1. The summed E-state index contributed by atoms with van der Waals surface area (Å²) in [5.74, 6) is 0.363. The molecule has 0 radical (unpaired) electrons. The van der Waals surface area contributed by atoms with E-state index in [2.05, 4.69) is 23.4 Å². The Morgan fingerprint density at radius 2 is 2.20 bits per heavy atom. The Kier molecular flexibility index (Phi) is 5.24. The Hall–Kier alpha value is -1.74. The van der Waals surface area contributed by atoms with Gasteiger partial charge in [0, 0.05) is 30.2 Å². The Balaban J connectivity index is 2.05. The van der Waals surface area contributed by atoms with E-state index in [1.165, 1.54) is 18.4 Å². The summed E-state index contributed by atoms with van der Waals surface area (Å²) in [6.45, 7) is 9.07. The lowest BCUT2D eigenvalue weighted by Crippen LogP contribution is -2.27. The lowest BCUT2D eigenvalue weighted by Gasteiger charge is -2.20. The maximum Gasteiger partial charge on any atom is 0.125 e. The summed E-state index contributed by atoms with van der Waals surface area (Å²) < 4.78 is 0. The third-order valence-corrected chi connectivity index (χ3v) is 3.68. The van der Waals surface area contributed by atoms with Gasteiger partial charge in [-0.3, -0.25) is 4.90 Å². The van der Waals surface area contributed by atoms with Crippen LogP contribution in [-0.4, -0.2) is 34.6 Å². The SMILES string of the molecule is C=CCN(CCCC)CCc1c[nH]c2cccc(O)c12. The topological polar surface area (TPSA) is 39.3 Å². The average Bonchev–Trinajstić information content (AvgIpc) is 2.86. The van der Waals surface area contributed by atoms with Crippen LogP contribution in [-0.2, 0) is 6.42 Å². The maximum atomic E-state index is 10.0. The van der Waals surface area contributed by atoms with Gasteiger partial charge < -0.3 is 10.1 Å². The Morgan fingerprint density at radius 3 is 2.95 bits per heavy atom. The molecule has 0 spiro atoms.